The topological polar surface area (TPSA) is 66.0 Å². The number of rotatable bonds is 9. The van der Waals surface area contributed by atoms with Crippen molar-refractivity contribution in [1.29, 1.82) is 0 Å². The highest BCUT2D eigenvalue weighted by Gasteiger charge is 2.14. The zero-order chi connectivity index (χ0) is 18.1. The minimum atomic E-state index is -0.621. The SMILES string of the molecule is COc1cccc(OCCNC(=O)[C@H](C)Oc2cccc(OC)c2)c1. The summed E-state index contributed by atoms with van der Waals surface area (Å²) in [7, 11) is 3.18. The number of benzene rings is 2. The fourth-order valence-corrected chi connectivity index (χ4v) is 2.11. The van der Waals surface area contributed by atoms with E-state index < -0.39 is 6.10 Å². The summed E-state index contributed by atoms with van der Waals surface area (Å²) in [5.41, 5.74) is 0. The molecule has 0 aliphatic carbocycles. The third kappa shape index (κ3) is 5.91. The molecule has 0 bridgehead atoms. The van der Waals surface area contributed by atoms with Gasteiger partial charge in [0.2, 0.25) is 0 Å². The van der Waals surface area contributed by atoms with Gasteiger partial charge in [-0.2, -0.15) is 0 Å². The van der Waals surface area contributed by atoms with Crippen LogP contribution in [0.25, 0.3) is 0 Å². The molecule has 1 amide bonds. The molecule has 6 heteroatoms. The van der Waals surface area contributed by atoms with Crippen molar-refractivity contribution >= 4 is 5.91 Å². The summed E-state index contributed by atoms with van der Waals surface area (Å²) in [6, 6.07) is 14.4. The Morgan fingerprint density at radius 2 is 1.52 bits per heavy atom. The fraction of sp³-hybridized carbons (Fsp3) is 0.316. The molecule has 0 aliphatic rings. The lowest BCUT2D eigenvalue weighted by molar-refractivity contribution is -0.127. The van der Waals surface area contributed by atoms with Gasteiger partial charge in [-0.25, -0.2) is 0 Å². The first kappa shape index (κ1) is 18.4. The van der Waals surface area contributed by atoms with Crippen molar-refractivity contribution in [3.05, 3.63) is 48.5 Å². The Kier molecular flexibility index (Phi) is 6.95. The quantitative estimate of drug-likeness (QED) is 0.708. The van der Waals surface area contributed by atoms with E-state index in [4.69, 9.17) is 18.9 Å². The largest absolute Gasteiger partial charge is 0.497 e. The van der Waals surface area contributed by atoms with E-state index in [9.17, 15) is 4.79 Å². The maximum absolute atomic E-state index is 12.1. The van der Waals surface area contributed by atoms with E-state index in [-0.39, 0.29) is 5.91 Å². The van der Waals surface area contributed by atoms with Crippen molar-refractivity contribution in [2.24, 2.45) is 0 Å². The van der Waals surface area contributed by atoms with Gasteiger partial charge in [0.05, 0.1) is 20.8 Å². The third-order valence-electron chi connectivity index (χ3n) is 3.43. The van der Waals surface area contributed by atoms with Gasteiger partial charge >= 0.3 is 0 Å². The summed E-state index contributed by atoms with van der Waals surface area (Å²) in [6.07, 6.45) is -0.621. The van der Waals surface area contributed by atoms with Gasteiger partial charge in [-0.15, -0.1) is 0 Å². The molecule has 0 aromatic heterocycles. The van der Waals surface area contributed by atoms with Gasteiger partial charge in [-0.1, -0.05) is 12.1 Å². The Hall–Kier alpha value is -2.89. The molecule has 134 valence electrons. The van der Waals surface area contributed by atoms with Gasteiger partial charge in [0.25, 0.3) is 5.91 Å². The lowest BCUT2D eigenvalue weighted by atomic mass is 10.3. The van der Waals surface area contributed by atoms with Gasteiger partial charge in [0.15, 0.2) is 6.10 Å². The van der Waals surface area contributed by atoms with Crippen molar-refractivity contribution in [3.63, 3.8) is 0 Å². The number of ether oxygens (including phenoxy) is 4. The number of amides is 1. The van der Waals surface area contributed by atoms with Gasteiger partial charge < -0.3 is 24.3 Å². The summed E-state index contributed by atoms with van der Waals surface area (Å²) < 4.78 is 21.4. The van der Waals surface area contributed by atoms with Crippen molar-refractivity contribution in [1.82, 2.24) is 5.32 Å². The molecule has 2 aromatic rings. The molecule has 0 saturated heterocycles. The monoisotopic (exact) mass is 345 g/mol. The Morgan fingerprint density at radius 1 is 0.960 bits per heavy atom. The number of hydrogen-bond acceptors (Lipinski definition) is 5. The molecule has 0 radical (unpaired) electrons. The van der Waals surface area contributed by atoms with E-state index >= 15 is 0 Å². The van der Waals surface area contributed by atoms with Gasteiger partial charge in [0.1, 0.15) is 29.6 Å². The van der Waals surface area contributed by atoms with Crippen molar-refractivity contribution < 1.29 is 23.7 Å². The molecule has 2 aromatic carbocycles. The lowest BCUT2D eigenvalue weighted by Gasteiger charge is -2.15. The van der Waals surface area contributed by atoms with Crippen LogP contribution in [-0.2, 0) is 4.79 Å². The van der Waals surface area contributed by atoms with Gasteiger partial charge in [-0.05, 0) is 31.2 Å². The molecule has 1 atom stereocenters. The van der Waals surface area contributed by atoms with E-state index in [1.807, 2.05) is 24.3 Å². The zero-order valence-electron chi connectivity index (χ0n) is 14.7. The molecular weight excluding hydrogens is 322 g/mol. The molecule has 0 fully saturated rings. The Bertz CT molecular complexity index is 689. The molecular formula is C19H23NO5. The van der Waals surface area contributed by atoms with Crippen molar-refractivity contribution in [3.8, 4) is 23.0 Å². The van der Waals surface area contributed by atoms with Gasteiger partial charge in [-0.3, -0.25) is 4.79 Å². The molecule has 0 heterocycles. The first-order valence-corrected chi connectivity index (χ1v) is 7.97. The summed E-state index contributed by atoms with van der Waals surface area (Å²) in [5, 5.41) is 2.78. The highest BCUT2D eigenvalue weighted by Crippen LogP contribution is 2.20. The predicted molar refractivity (Wildman–Crippen MR) is 94.6 cm³/mol. The number of nitrogens with one attached hydrogen (secondary N) is 1. The summed E-state index contributed by atoms with van der Waals surface area (Å²) >= 11 is 0. The standard InChI is InChI=1S/C19H23NO5/c1-14(25-18-9-5-7-16(13-18)23-3)19(21)20-10-11-24-17-8-4-6-15(12-17)22-2/h4-9,12-14H,10-11H2,1-3H3,(H,20,21)/t14-/m0/s1. The van der Waals surface area contributed by atoms with Crippen LogP contribution in [0.5, 0.6) is 23.0 Å². The van der Waals surface area contributed by atoms with Crippen LogP contribution in [0.3, 0.4) is 0 Å². The van der Waals surface area contributed by atoms with Crippen LogP contribution in [0.4, 0.5) is 0 Å². The number of carbonyl (C=O) groups is 1. The minimum Gasteiger partial charge on any atom is -0.497 e. The van der Waals surface area contributed by atoms with E-state index in [1.165, 1.54) is 0 Å². The Balaban J connectivity index is 1.73. The second-order valence-corrected chi connectivity index (χ2v) is 5.26. The van der Waals surface area contributed by atoms with Crippen LogP contribution in [0.2, 0.25) is 0 Å². The molecule has 2 rings (SSSR count). The van der Waals surface area contributed by atoms with Crippen LogP contribution in [0, 0.1) is 0 Å². The van der Waals surface area contributed by atoms with Crippen LogP contribution >= 0.6 is 0 Å². The van der Waals surface area contributed by atoms with Crippen LogP contribution < -0.4 is 24.3 Å². The molecule has 0 spiro atoms. The summed E-state index contributed by atoms with van der Waals surface area (Å²) in [6.45, 7) is 2.42. The molecule has 0 unspecified atom stereocenters. The molecule has 1 N–H and O–H groups in total. The zero-order valence-corrected chi connectivity index (χ0v) is 14.7. The van der Waals surface area contributed by atoms with Crippen molar-refractivity contribution in [2.45, 2.75) is 13.0 Å². The second kappa shape index (κ2) is 9.42. The summed E-state index contributed by atoms with van der Waals surface area (Å²) in [5.74, 6) is 2.46. The molecule has 0 saturated carbocycles. The lowest BCUT2D eigenvalue weighted by Crippen LogP contribution is -2.38. The van der Waals surface area contributed by atoms with Gasteiger partial charge in [0, 0.05) is 12.1 Å². The Labute approximate surface area is 147 Å². The first-order chi connectivity index (χ1) is 12.1. The summed E-state index contributed by atoms with van der Waals surface area (Å²) in [4.78, 5) is 12.1. The van der Waals surface area contributed by atoms with Crippen LogP contribution in [-0.4, -0.2) is 39.4 Å². The van der Waals surface area contributed by atoms with E-state index in [0.29, 0.717) is 30.4 Å². The molecule has 25 heavy (non-hydrogen) atoms. The Morgan fingerprint density at radius 3 is 2.16 bits per heavy atom. The molecule has 0 aliphatic heterocycles. The van der Waals surface area contributed by atoms with E-state index in [0.717, 1.165) is 5.75 Å². The maximum atomic E-state index is 12.1. The smallest absolute Gasteiger partial charge is 0.260 e. The van der Waals surface area contributed by atoms with Crippen molar-refractivity contribution in [2.75, 3.05) is 27.4 Å². The highest BCUT2D eigenvalue weighted by molar-refractivity contribution is 5.80. The predicted octanol–water partition coefficient (Wildman–Crippen LogP) is 2.67. The normalized spacial score (nSPS) is 11.3. The van der Waals surface area contributed by atoms with Crippen LogP contribution in [0.1, 0.15) is 6.92 Å². The average molecular weight is 345 g/mol. The fourth-order valence-electron chi connectivity index (χ4n) is 2.11. The number of carbonyl (C=O) groups excluding carboxylic acids is 1. The molecule has 6 nitrogen and oxygen atoms in total. The highest BCUT2D eigenvalue weighted by atomic mass is 16.5. The third-order valence-corrected chi connectivity index (χ3v) is 3.43. The van der Waals surface area contributed by atoms with E-state index in [1.54, 1.807) is 45.4 Å². The van der Waals surface area contributed by atoms with E-state index in [2.05, 4.69) is 5.32 Å². The second-order valence-electron chi connectivity index (χ2n) is 5.26. The maximum Gasteiger partial charge on any atom is 0.260 e. The number of methoxy groups -OCH3 is 2. The minimum absolute atomic E-state index is 0.211. The first-order valence-electron chi connectivity index (χ1n) is 7.97. The average Bonchev–Trinajstić information content (AvgIpc) is 2.65. The van der Waals surface area contributed by atoms with Crippen LogP contribution in [0.15, 0.2) is 48.5 Å². The number of hydrogen-bond donors (Lipinski definition) is 1.